The van der Waals surface area contributed by atoms with Gasteiger partial charge in [0.2, 0.25) is 5.91 Å². The van der Waals surface area contributed by atoms with Crippen molar-refractivity contribution in [2.75, 3.05) is 16.8 Å². The van der Waals surface area contributed by atoms with Gasteiger partial charge in [-0.25, -0.2) is 0 Å². The monoisotopic (exact) mass is 366 g/mol. The summed E-state index contributed by atoms with van der Waals surface area (Å²) < 4.78 is 5.71. The van der Waals surface area contributed by atoms with Gasteiger partial charge in [0, 0.05) is 42.7 Å². The second kappa shape index (κ2) is 7.02. The van der Waals surface area contributed by atoms with E-state index in [1.54, 1.807) is 24.0 Å². The summed E-state index contributed by atoms with van der Waals surface area (Å²) in [7, 11) is 0. The van der Waals surface area contributed by atoms with Crippen LogP contribution in [0, 0.1) is 6.92 Å². The van der Waals surface area contributed by atoms with Gasteiger partial charge in [0.25, 0.3) is 5.91 Å². The molecule has 0 saturated carbocycles. The first-order valence-electron chi connectivity index (χ1n) is 9.42. The van der Waals surface area contributed by atoms with Crippen LogP contribution >= 0.6 is 0 Å². The third-order valence-corrected chi connectivity index (χ3v) is 5.25. The van der Waals surface area contributed by atoms with Gasteiger partial charge in [-0.2, -0.15) is 0 Å². The maximum absolute atomic E-state index is 12.7. The molecule has 2 heterocycles. The van der Waals surface area contributed by atoms with Crippen LogP contribution in [0.4, 0.5) is 11.4 Å². The van der Waals surface area contributed by atoms with Gasteiger partial charge in [0.15, 0.2) is 11.5 Å². The topological polar surface area (TPSA) is 79.6 Å². The van der Waals surface area contributed by atoms with E-state index in [1.165, 1.54) is 0 Å². The fraction of sp³-hybridized carbons (Fsp3) is 0.381. The number of aryl methyl sites for hydroxylation is 1. The minimum absolute atomic E-state index is 0.0437. The standard InChI is InChI=1S/C21H22N2O4/c1-13-19-16(24)8-5-9-17(19)27-20(13)21(26)22-14-6-4-7-15(12-14)23-11-3-2-10-18(23)25/h4,6-7,12H,2-3,5,8-11H2,1H3,(H,22,26). The van der Waals surface area contributed by atoms with Crippen molar-refractivity contribution in [1.29, 1.82) is 0 Å². The summed E-state index contributed by atoms with van der Waals surface area (Å²) in [6.45, 7) is 2.45. The van der Waals surface area contributed by atoms with Gasteiger partial charge < -0.3 is 14.6 Å². The first kappa shape index (κ1) is 17.5. The zero-order chi connectivity index (χ0) is 19.0. The molecule has 0 atom stereocenters. The summed E-state index contributed by atoms with van der Waals surface area (Å²) >= 11 is 0. The lowest BCUT2D eigenvalue weighted by Crippen LogP contribution is -2.35. The van der Waals surface area contributed by atoms with Crippen molar-refractivity contribution in [2.24, 2.45) is 0 Å². The molecule has 4 rings (SSSR count). The normalized spacial score (nSPS) is 17.0. The number of amides is 2. The van der Waals surface area contributed by atoms with E-state index in [2.05, 4.69) is 5.32 Å². The molecule has 1 aliphatic carbocycles. The fourth-order valence-corrected chi connectivity index (χ4v) is 3.88. The fourth-order valence-electron chi connectivity index (χ4n) is 3.88. The lowest BCUT2D eigenvalue weighted by atomic mass is 9.94. The van der Waals surface area contributed by atoms with Gasteiger partial charge in [-0.1, -0.05) is 6.07 Å². The van der Waals surface area contributed by atoms with Crippen molar-refractivity contribution in [3.63, 3.8) is 0 Å². The van der Waals surface area contributed by atoms with Crippen LogP contribution in [0.1, 0.15) is 64.3 Å². The van der Waals surface area contributed by atoms with Crippen LogP contribution in [0.15, 0.2) is 28.7 Å². The number of anilines is 2. The lowest BCUT2D eigenvalue weighted by molar-refractivity contribution is -0.119. The molecule has 6 heteroatoms. The largest absolute Gasteiger partial charge is 0.455 e. The summed E-state index contributed by atoms with van der Waals surface area (Å²) in [6, 6.07) is 7.26. The van der Waals surface area contributed by atoms with Crippen LogP contribution in [0.2, 0.25) is 0 Å². The first-order chi connectivity index (χ1) is 13.0. The summed E-state index contributed by atoms with van der Waals surface area (Å²) in [5, 5.41) is 2.84. The molecule has 0 spiro atoms. The Morgan fingerprint density at radius 1 is 1.11 bits per heavy atom. The molecule has 140 valence electrons. The van der Waals surface area contributed by atoms with E-state index in [1.807, 2.05) is 12.1 Å². The van der Waals surface area contributed by atoms with E-state index >= 15 is 0 Å². The van der Waals surface area contributed by atoms with E-state index in [-0.39, 0.29) is 23.4 Å². The minimum Gasteiger partial charge on any atom is -0.455 e. The van der Waals surface area contributed by atoms with E-state index in [4.69, 9.17) is 4.42 Å². The Labute approximate surface area is 157 Å². The molecule has 2 aromatic rings. The van der Waals surface area contributed by atoms with Crippen LogP contribution in [-0.4, -0.2) is 24.1 Å². The van der Waals surface area contributed by atoms with Gasteiger partial charge in [0.05, 0.1) is 5.56 Å². The average molecular weight is 366 g/mol. The number of hydrogen-bond acceptors (Lipinski definition) is 4. The number of hydrogen-bond donors (Lipinski definition) is 1. The summed E-state index contributed by atoms with van der Waals surface area (Å²) in [5.41, 5.74) is 2.55. The lowest BCUT2D eigenvalue weighted by Gasteiger charge is -2.27. The molecule has 0 unspecified atom stereocenters. The molecule has 1 aromatic carbocycles. The number of fused-ring (bicyclic) bond motifs is 1. The molecule has 0 bridgehead atoms. The van der Waals surface area contributed by atoms with Crippen LogP contribution in [0.25, 0.3) is 0 Å². The second-order valence-electron chi connectivity index (χ2n) is 7.14. The third kappa shape index (κ3) is 3.27. The Morgan fingerprint density at radius 2 is 1.96 bits per heavy atom. The molecular weight excluding hydrogens is 344 g/mol. The average Bonchev–Trinajstić information content (AvgIpc) is 3.00. The molecule has 2 amide bonds. The van der Waals surface area contributed by atoms with Crippen LogP contribution in [0.5, 0.6) is 0 Å². The number of carbonyl (C=O) groups is 3. The van der Waals surface area contributed by atoms with Gasteiger partial charge in [-0.15, -0.1) is 0 Å². The Balaban J connectivity index is 1.56. The van der Waals surface area contributed by atoms with E-state index in [0.29, 0.717) is 48.4 Å². The second-order valence-corrected chi connectivity index (χ2v) is 7.14. The highest BCUT2D eigenvalue weighted by Crippen LogP contribution is 2.30. The molecule has 2 aliphatic rings. The number of piperidine rings is 1. The Morgan fingerprint density at radius 3 is 2.74 bits per heavy atom. The highest BCUT2D eigenvalue weighted by molar-refractivity contribution is 6.07. The van der Waals surface area contributed by atoms with Crippen molar-refractivity contribution < 1.29 is 18.8 Å². The molecule has 1 aliphatic heterocycles. The predicted molar refractivity (Wildman–Crippen MR) is 101 cm³/mol. The van der Waals surface area contributed by atoms with Gasteiger partial charge in [0.1, 0.15) is 5.76 Å². The molecule has 1 fully saturated rings. The van der Waals surface area contributed by atoms with E-state index in [0.717, 1.165) is 24.9 Å². The Kier molecular flexibility index (Phi) is 4.56. The van der Waals surface area contributed by atoms with Crippen LogP contribution in [0.3, 0.4) is 0 Å². The zero-order valence-electron chi connectivity index (χ0n) is 15.3. The molecular formula is C21H22N2O4. The number of furan rings is 1. The molecule has 27 heavy (non-hydrogen) atoms. The van der Waals surface area contributed by atoms with Crippen molar-refractivity contribution in [1.82, 2.24) is 0 Å². The number of rotatable bonds is 3. The molecule has 1 saturated heterocycles. The molecule has 0 radical (unpaired) electrons. The quantitative estimate of drug-likeness (QED) is 0.894. The smallest absolute Gasteiger partial charge is 0.291 e. The van der Waals surface area contributed by atoms with Gasteiger partial charge >= 0.3 is 0 Å². The van der Waals surface area contributed by atoms with Gasteiger partial charge in [-0.05, 0) is 44.4 Å². The summed E-state index contributed by atoms with van der Waals surface area (Å²) in [6.07, 6.45) is 4.40. The Bertz CT molecular complexity index is 928. The molecule has 1 aromatic heterocycles. The number of nitrogens with zero attached hydrogens (tertiary/aromatic N) is 1. The van der Waals surface area contributed by atoms with Crippen molar-refractivity contribution in [3.8, 4) is 0 Å². The summed E-state index contributed by atoms with van der Waals surface area (Å²) in [4.78, 5) is 38.7. The summed E-state index contributed by atoms with van der Waals surface area (Å²) in [5.74, 6) is 0.577. The van der Waals surface area contributed by atoms with Crippen LogP contribution < -0.4 is 10.2 Å². The minimum atomic E-state index is -0.378. The van der Waals surface area contributed by atoms with Crippen molar-refractivity contribution in [3.05, 3.63) is 46.9 Å². The van der Waals surface area contributed by atoms with E-state index < -0.39 is 0 Å². The highest BCUT2D eigenvalue weighted by atomic mass is 16.4. The number of benzene rings is 1. The molecule has 6 nitrogen and oxygen atoms in total. The van der Waals surface area contributed by atoms with Crippen molar-refractivity contribution in [2.45, 2.75) is 45.4 Å². The van der Waals surface area contributed by atoms with E-state index in [9.17, 15) is 14.4 Å². The maximum Gasteiger partial charge on any atom is 0.291 e. The maximum atomic E-state index is 12.7. The number of nitrogens with one attached hydrogen (secondary N) is 1. The third-order valence-electron chi connectivity index (χ3n) is 5.25. The molecule has 1 N–H and O–H groups in total. The Hall–Kier alpha value is -2.89. The van der Waals surface area contributed by atoms with Crippen molar-refractivity contribution >= 4 is 29.0 Å². The predicted octanol–water partition coefficient (Wildman–Crippen LogP) is 3.88. The number of ketones is 1. The highest BCUT2D eigenvalue weighted by Gasteiger charge is 2.29. The zero-order valence-corrected chi connectivity index (χ0v) is 15.3. The number of Topliss-reactive ketones (excluding diaryl/α,β-unsaturated/α-hetero) is 1. The van der Waals surface area contributed by atoms with Gasteiger partial charge in [-0.3, -0.25) is 14.4 Å². The SMILES string of the molecule is Cc1c(C(=O)Nc2cccc(N3CCCCC3=O)c2)oc2c1C(=O)CCC2. The van der Waals surface area contributed by atoms with Crippen LogP contribution in [-0.2, 0) is 11.2 Å². The first-order valence-corrected chi connectivity index (χ1v) is 9.42. The number of carbonyl (C=O) groups excluding carboxylic acids is 3.